The normalized spacial score (nSPS) is 25.3. The third-order valence-electron chi connectivity index (χ3n) is 2.83. The van der Waals surface area contributed by atoms with Crippen LogP contribution in [0, 0.1) is 5.41 Å². The first kappa shape index (κ1) is 7.66. The molecular weight excluding hydrogens is 148 g/mol. The van der Waals surface area contributed by atoms with Crippen molar-refractivity contribution in [2.75, 3.05) is 0 Å². The zero-order chi connectivity index (χ0) is 8.77. The van der Waals surface area contributed by atoms with E-state index in [1.165, 1.54) is 6.42 Å². The zero-order valence-electron chi connectivity index (χ0n) is 7.54. The second-order valence-corrected chi connectivity index (χ2v) is 4.30. The molecule has 1 aromatic carbocycles. The third kappa shape index (κ3) is 1.09. The van der Waals surface area contributed by atoms with Gasteiger partial charge < -0.3 is 5.11 Å². The van der Waals surface area contributed by atoms with Gasteiger partial charge in [0.1, 0.15) is 5.75 Å². The Kier molecular flexibility index (Phi) is 1.44. The highest BCUT2D eigenvalue weighted by atomic mass is 16.3. The fraction of sp³-hybridized carbons (Fsp3) is 0.455. The van der Waals surface area contributed by atoms with E-state index in [9.17, 15) is 5.11 Å². The van der Waals surface area contributed by atoms with Crippen LogP contribution in [-0.2, 0) is 0 Å². The standard InChI is InChI=1S/C11H14O/c1-11(2)7-9(11)8-5-3-4-6-10(8)12/h3-6,9,12H,7H2,1-2H3. The van der Waals surface area contributed by atoms with E-state index in [1.807, 2.05) is 18.2 Å². The van der Waals surface area contributed by atoms with Crippen LogP contribution in [0.15, 0.2) is 24.3 Å². The molecule has 0 heterocycles. The maximum atomic E-state index is 9.55. The van der Waals surface area contributed by atoms with Crippen LogP contribution in [-0.4, -0.2) is 5.11 Å². The predicted molar refractivity (Wildman–Crippen MR) is 49.2 cm³/mol. The number of hydrogen-bond donors (Lipinski definition) is 1. The molecule has 0 aliphatic heterocycles. The molecule has 64 valence electrons. The van der Waals surface area contributed by atoms with Crippen LogP contribution in [0.1, 0.15) is 31.7 Å². The topological polar surface area (TPSA) is 20.2 Å². The summed E-state index contributed by atoms with van der Waals surface area (Å²) in [5, 5.41) is 9.55. The maximum Gasteiger partial charge on any atom is 0.119 e. The minimum Gasteiger partial charge on any atom is -0.508 e. The summed E-state index contributed by atoms with van der Waals surface area (Å²) in [5.74, 6) is 1.02. The van der Waals surface area contributed by atoms with Gasteiger partial charge >= 0.3 is 0 Å². The summed E-state index contributed by atoms with van der Waals surface area (Å²) in [5.41, 5.74) is 1.52. The molecule has 1 fully saturated rings. The fourth-order valence-corrected chi connectivity index (χ4v) is 1.78. The minimum absolute atomic E-state index is 0.402. The maximum absolute atomic E-state index is 9.55. The number of rotatable bonds is 1. The third-order valence-corrected chi connectivity index (χ3v) is 2.83. The Morgan fingerprint density at radius 2 is 1.92 bits per heavy atom. The van der Waals surface area contributed by atoms with Crippen molar-refractivity contribution in [2.24, 2.45) is 5.41 Å². The van der Waals surface area contributed by atoms with Gasteiger partial charge in [-0.25, -0.2) is 0 Å². The molecule has 2 rings (SSSR count). The van der Waals surface area contributed by atoms with E-state index in [0.29, 0.717) is 17.1 Å². The molecule has 0 bridgehead atoms. The molecule has 1 aromatic rings. The van der Waals surface area contributed by atoms with E-state index in [1.54, 1.807) is 6.07 Å². The average Bonchev–Trinajstić information content (AvgIpc) is 2.61. The first-order chi connectivity index (χ1) is 5.61. The highest BCUT2D eigenvalue weighted by Crippen LogP contribution is 2.60. The molecule has 0 saturated heterocycles. The van der Waals surface area contributed by atoms with Crippen molar-refractivity contribution >= 4 is 0 Å². The Hall–Kier alpha value is -0.980. The summed E-state index contributed by atoms with van der Waals surface area (Å²) in [6, 6.07) is 7.65. The second kappa shape index (κ2) is 2.25. The van der Waals surface area contributed by atoms with Crippen LogP contribution in [0.2, 0.25) is 0 Å². The van der Waals surface area contributed by atoms with Crippen LogP contribution < -0.4 is 0 Å². The van der Waals surface area contributed by atoms with Gasteiger partial charge in [-0.3, -0.25) is 0 Å². The van der Waals surface area contributed by atoms with Gasteiger partial charge in [-0.15, -0.1) is 0 Å². The van der Waals surface area contributed by atoms with E-state index >= 15 is 0 Å². The average molecular weight is 162 g/mol. The lowest BCUT2D eigenvalue weighted by Gasteiger charge is -2.05. The minimum atomic E-state index is 0.402. The van der Waals surface area contributed by atoms with E-state index in [0.717, 1.165) is 5.56 Å². The van der Waals surface area contributed by atoms with Crippen molar-refractivity contribution < 1.29 is 5.11 Å². The first-order valence-electron chi connectivity index (χ1n) is 4.39. The van der Waals surface area contributed by atoms with E-state index in [4.69, 9.17) is 0 Å². The predicted octanol–water partition coefficient (Wildman–Crippen LogP) is 2.91. The number of benzene rings is 1. The van der Waals surface area contributed by atoms with Gasteiger partial charge in [-0.2, -0.15) is 0 Å². The molecule has 0 radical (unpaired) electrons. The number of aromatic hydroxyl groups is 1. The molecule has 1 heteroatoms. The Balaban J connectivity index is 2.31. The summed E-state index contributed by atoms with van der Waals surface area (Å²) in [6.07, 6.45) is 1.20. The quantitative estimate of drug-likeness (QED) is 0.673. The van der Waals surface area contributed by atoms with Crippen molar-refractivity contribution in [3.63, 3.8) is 0 Å². The molecule has 0 spiro atoms. The molecule has 12 heavy (non-hydrogen) atoms. The molecule has 1 atom stereocenters. The Labute approximate surface area is 73.0 Å². The summed E-state index contributed by atoms with van der Waals surface area (Å²) in [6.45, 7) is 4.48. The molecule has 1 saturated carbocycles. The zero-order valence-corrected chi connectivity index (χ0v) is 7.54. The van der Waals surface area contributed by atoms with Gasteiger partial charge in [0.2, 0.25) is 0 Å². The number of para-hydroxylation sites is 1. The SMILES string of the molecule is CC1(C)CC1c1ccccc1O. The number of phenolic OH excluding ortho intramolecular Hbond substituents is 1. The lowest BCUT2D eigenvalue weighted by molar-refractivity contribution is 0.464. The van der Waals surface area contributed by atoms with Gasteiger partial charge in [-0.05, 0) is 29.4 Å². The number of phenols is 1. The molecule has 1 nitrogen and oxygen atoms in total. The summed E-state index contributed by atoms with van der Waals surface area (Å²) in [4.78, 5) is 0. The van der Waals surface area contributed by atoms with Crippen molar-refractivity contribution in [2.45, 2.75) is 26.2 Å². The van der Waals surface area contributed by atoms with Crippen LogP contribution in [0.5, 0.6) is 5.75 Å². The monoisotopic (exact) mass is 162 g/mol. The van der Waals surface area contributed by atoms with Gasteiger partial charge in [0.25, 0.3) is 0 Å². The smallest absolute Gasteiger partial charge is 0.119 e. The van der Waals surface area contributed by atoms with Crippen molar-refractivity contribution in [3.8, 4) is 5.75 Å². The van der Waals surface area contributed by atoms with Gasteiger partial charge in [0, 0.05) is 0 Å². The molecule has 0 aromatic heterocycles. The van der Waals surface area contributed by atoms with Crippen LogP contribution in [0.3, 0.4) is 0 Å². The lowest BCUT2D eigenvalue weighted by Crippen LogP contribution is -1.89. The van der Waals surface area contributed by atoms with E-state index in [-0.39, 0.29) is 0 Å². The summed E-state index contributed by atoms with van der Waals surface area (Å²) in [7, 11) is 0. The van der Waals surface area contributed by atoms with Crippen LogP contribution >= 0.6 is 0 Å². The molecule has 1 N–H and O–H groups in total. The first-order valence-corrected chi connectivity index (χ1v) is 4.39. The molecule has 1 aliphatic rings. The van der Waals surface area contributed by atoms with Crippen molar-refractivity contribution in [1.29, 1.82) is 0 Å². The summed E-state index contributed by atoms with van der Waals surface area (Å²) >= 11 is 0. The van der Waals surface area contributed by atoms with Crippen LogP contribution in [0.25, 0.3) is 0 Å². The Bertz CT molecular complexity index is 302. The molecule has 0 amide bonds. The van der Waals surface area contributed by atoms with Gasteiger partial charge in [-0.1, -0.05) is 32.0 Å². The van der Waals surface area contributed by atoms with Gasteiger partial charge in [0.15, 0.2) is 0 Å². The molecular formula is C11H14O. The fourth-order valence-electron chi connectivity index (χ4n) is 1.78. The summed E-state index contributed by atoms with van der Waals surface area (Å²) < 4.78 is 0. The Morgan fingerprint density at radius 1 is 1.33 bits per heavy atom. The molecule has 1 unspecified atom stereocenters. The molecule has 1 aliphatic carbocycles. The lowest BCUT2D eigenvalue weighted by atomic mass is 10.0. The highest BCUT2D eigenvalue weighted by Gasteiger charge is 2.47. The van der Waals surface area contributed by atoms with Gasteiger partial charge in [0.05, 0.1) is 0 Å². The van der Waals surface area contributed by atoms with Crippen molar-refractivity contribution in [3.05, 3.63) is 29.8 Å². The Morgan fingerprint density at radius 3 is 2.42 bits per heavy atom. The largest absolute Gasteiger partial charge is 0.508 e. The van der Waals surface area contributed by atoms with Crippen LogP contribution in [0.4, 0.5) is 0 Å². The number of hydrogen-bond acceptors (Lipinski definition) is 1. The highest BCUT2D eigenvalue weighted by molar-refractivity contribution is 5.39. The van der Waals surface area contributed by atoms with Crippen molar-refractivity contribution in [1.82, 2.24) is 0 Å². The van der Waals surface area contributed by atoms with E-state index < -0.39 is 0 Å². The second-order valence-electron chi connectivity index (χ2n) is 4.30. The van der Waals surface area contributed by atoms with E-state index in [2.05, 4.69) is 13.8 Å².